The number of ether oxygens (including phenoxy) is 1. The van der Waals surface area contributed by atoms with Crippen LogP contribution < -0.4 is 14.4 Å². The van der Waals surface area contributed by atoms with Crippen LogP contribution in [-0.2, 0) is 32.6 Å². The highest BCUT2D eigenvalue weighted by atomic mass is 35.5. The van der Waals surface area contributed by atoms with Crippen molar-refractivity contribution in [3.8, 4) is 11.5 Å². The summed E-state index contributed by atoms with van der Waals surface area (Å²) in [6.45, 7) is 5.05. The first-order valence-electron chi connectivity index (χ1n) is 14.5. The number of carbonyl (C=O) groups excluding carboxylic acids is 2. The number of nitrogens with one attached hydrogen (secondary N) is 1. The van der Waals surface area contributed by atoms with Gasteiger partial charge in [0.05, 0.1) is 11.9 Å². The third-order valence-electron chi connectivity index (χ3n) is 6.85. The molecule has 0 aromatic heterocycles. The summed E-state index contributed by atoms with van der Waals surface area (Å²) in [5.41, 5.74) is 1.18. The van der Waals surface area contributed by atoms with Crippen molar-refractivity contribution in [2.24, 2.45) is 0 Å². The Bertz CT molecular complexity index is 1690. The van der Waals surface area contributed by atoms with Gasteiger partial charge in [-0.25, -0.2) is 8.42 Å². The Morgan fingerprint density at radius 2 is 1.38 bits per heavy atom. The average molecular weight is 648 g/mol. The van der Waals surface area contributed by atoms with Crippen LogP contribution in [0.3, 0.4) is 0 Å². The summed E-state index contributed by atoms with van der Waals surface area (Å²) >= 11 is 6.51. The highest BCUT2D eigenvalue weighted by Gasteiger charge is 2.34. The summed E-state index contributed by atoms with van der Waals surface area (Å²) in [7, 11) is -3.91. The van der Waals surface area contributed by atoms with E-state index in [4.69, 9.17) is 16.3 Å². The monoisotopic (exact) mass is 647 g/mol. The van der Waals surface area contributed by atoms with Gasteiger partial charge in [0.1, 0.15) is 24.1 Å². The van der Waals surface area contributed by atoms with Crippen LogP contribution >= 0.6 is 11.6 Å². The second-order valence-electron chi connectivity index (χ2n) is 11.7. The highest BCUT2D eigenvalue weighted by molar-refractivity contribution is 7.92. The van der Waals surface area contributed by atoms with Crippen molar-refractivity contribution in [1.29, 1.82) is 0 Å². The Balaban J connectivity index is 1.70. The minimum Gasteiger partial charge on any atom is -0.457 e. The van der Waals surface area contributed by atoms with E-state index in [1.165, 1.54) is 4.90 Å². The highest BCUT2D eigenvalue weighted by Crippen LogP contribution is 2.27. The third kappa shape index (κ3) is 9.83. The van der Waals surface area contributed by atoms with Gasteiger partial charge in [-0.05, 0) is 74.4 Å². The van der Waals surface area contributed by atoms with E-state index in [-0.39, 0.29) is 24.6 Å². The second kappa shape index (κ2) is 14.6. The van der Waals surface area contributed by atoms with Crippen molar-refractivity contribution < 1.29 is 22.7 Å². The van der Waals surface area contributed by atoms with Gasteiger partial charge in [-0.15, -0.1) is 0 Å². The molecule has 0 unspecified atom stereocenters. The van der Waals surface area contributed by atoms with Crippen molar-refractivity contribution in [2.75, 3.05) is 17.1 Å². The van der Waals surface area contributed by atoms with Gasteiger partial charge in [0.25, 0.3) is 0 Å². The van der Waals surface area contributed by atoms with Gasteiger partial charge in [-0.3, -0.25) is 13.9 Å². The summed E-state index contributed by atoms with van der Waals surface area (Å²) in [6.07, 6.45) is 1.25. The fraction of sp³-hybridized carbons (Fsp3) is 0.257. The normalized spacial score (nSPS) is 12.2. The number of hydrogen-bond acceptors (Lipinski definition) is 5. The van der Waals surface area contributed by atoms with Gasteiger partial charge < -0.3 is 15.0 Å². The van der Waals surface area contributed by atoms with Crippen LogP contribution in [0.5, 0.6) is 11.5 Å². The second-order valence-corrected chi connectivity index (χ2v) is 14.1. The van der Waals surface area contributed by atoms with Crippen molar-refractivity contribution in [3.63, 3.8) is 0 Å². The van der Waals surface area contributed by atoms with Crippen LogP contribution in [0.15, 0.2) is 109 Å². The molecule has 236 valence electrons. The van der Waals surface area contributed by atoms with Crippen LogP contribution in [0.25, 0.3) is 0 Å². The number of hydrogen-bond donors (Lipinski definition) is 1. The molecule has 0 saturated carbocycles. The molecule has 45 heavy (non-hydrogen) atoms. The molecule has 0 bridgehead atoms. The minimum absolute atomic E-state index is 0.00494. The molecule has 1 N–H and O–H groups in total. The van der Waals surface area contributed by atoms with E-state index in [1.54, 1.807) is 48.5 Å². The van der Waals surface area contributed by atoms with Crippen LogP contribution in [0, 0.1) is 0 Å². The molecular formula is C35H38ClN3O5S. The number of benzene rings is 4. The number of amides is 2. The molecule has 1 atom stereocenters. The molecule has 4 aromatic carbocycles. The van der Waals surface area contributed by atoms with Crippen LogP contribution in [-0.4, -0.2) is 49.5 Å². The van der Waals surface area contributed by atoms with Crippen LogP contribution in [0.4, 0.5) is 5.69 Å². The van der Waals surface area contributed by atoms with E-state index in [1.807, 2.05) is 81.4 Å². The third-order valence-corrected chi connectivity index (χ3v) is 8.36. The lowest BCUT2D eigenvalue weighted by molar-refractivity contribution is -0.140. The largest absolute Gasteiger partial charge is 0.457 e. The summed E-state index contributed by atoms with van der Waals surface area (Å²) < 4.78 is 33.0. The van der Waals surface area contributed by atoms with Crippen LogP contribution in [0.1, 0.15) is 31.9 Å². The number of sulfonamides is 1. The van der Waals surface area contributed by atoms with E-state index >= 15 is 0 Å². The Morgan fingerprint density at radius 3 is 1.96 bits per heavy atom. The summed E-state index contributed by atoms with van der Waals surface area (Å²) in [5, 5.41) is 3.43. The predicted octanol–water partition coefficient (Wildman–Crippen LogP) is 6.45. The molecule has 0 radical (unpaired) electrons. The van der Waals surface area contributed by atoms with Crippen molar-refractivity contribution in [2.45, 2.75) is 45.3 Å². The lowest BCUT2D eigenvalue weighted by atomic mass is 10.0. The maximum atomic E-state index is 14.3. The minimum atomic E-state index is -3.91. The molecule has 0 spiro atoms. The molecule has 8 nitrogen and oxygen atoms in total. The molecule has 0 aliphatic heterocycles. The summed E-state index contributed by atoms with van der Waals surface area (Å²) in [4.78, 5) is 29.5. The zero-order valence-corrected chi connectivity index (χ0v) is 27.4. The molecule has 0 aliphatic carbocycles. The molecule has 4 aromatic rings. The van der Waals surface area contributed by atoms with Gasteiger partial charge in [0, 0.05) is 23.5 Å². The molecule has 2 amide bonds. The molecule has 4 rings (SSSR count). The Labute approximate surface area is 270 Å². The number of halogens is 1. The van der Waals surface area contributed by atoms with Gasteiger partial charge in [0.15, 0.2) is 0 Å². The molecule has 0 saturated heterocycles. The Kier molecular flexibility index (Phi) is 10.9. The number of anilines is 1. The fourth-order valence-electron chi connectivity index (χ4n) is 4.74. The lowest BCUT2D eigenvalue weighted by Crippen LogP contribution is -2.56. The van der Waals surface area contributed by atoms with E-state index in [0.717, 1.165) is 16.1 Å². The van der Waals surface area contributed by atoms with Gasteiger partial charge in [-0.1, -0.05) is 78.3 Å². The number of carbonyl (C=O) groups is 2. The SMILES string of the molecule is CC(C)(C)NC(=O)[C@@H](Cc1ccccc1)N(Cc1ccccc1Cl)C(=O)CN(c1ccc(Oc2ccccc2)cc1)S(C)(=O)=O. The zero-order chi connectivity index (χ0) is 32.6. The molecule has 0 heterocycles. The first kappa shape index (κ1) is 33.6. The fourth-order valence-corrected chi connectivity index (χ4v) is 5.78. The summed E-state index contributed by atoms with van der Waals surface area (Å²) in [5.74, 6) is 0.218. The average Bonchev–Trinajstić information content (AvgIpc) is 2.98. The van der Waals surface area contributed by atoms with Crippen molar-refractivity contribution >= 4 is 39.1 Å². The maximum absolute atomic E-state index is 14.3. The number of rotatable bonds is 12. The molecule has 0 fully saturated rings. The van der Waals surface area contributed by atoms with Gasteiger partial charge >= 0.3 is 0 Å². The van der Waals surface area contributed by atoms with Crippen molar-refractivity contribution in [3.05, 3.63) is 125 Å². The van der Waals surface area contributed by atoms with E-state index in [9.17, 15) is 18.0 Å². The smallest absolute Gasteiger partial charge is 0.244 e. The Morgan fingerprint density at radius 1 is 0.822 bits per heavy atom. The number of nitrogens with zero attached hydrogens (tertiary/aromatic N) is 2. The molecular weight excluding hydrogens is 610 g/mol. The number of para-hydroxylation sites is 1. The predicted molar refractivity (Wildman–Crippen MR) is 179 cm³/mol. The Hall–Kier alpha value is -4.34. The summed E-state index contributed by atoms with van der Waals surface area (Å²) in [6, 6.07) is 31.1. The van der Waals surface area contributed by atoms with E-state index in [0.29, 0.717) is 22.1 Å². The topological polar surface area (TPSA) is 96.0 Å². The van der Waals surface area contributed by atoms with E-state index in [2.05, 4.69) is 5.32 Å². The standard InChI is InChI=1S/C35H38ClN3O5S/c1-35(2,3)37-34(41)32(23-26-13-7-5-8-14-26)38(24-27-15-11-12-18-31(27)36)33(40)25-39(45(4,42)43)28-19-21-30(22-20-28)44-29-16-9-6-10-17-29/h5-22,32H,23-25H2,1-4H3,(H,37,41)/t32-/m1/s1. The maximum Gasteiger partial charge on any atom is 0.244 e. The van der Waals surface area contributed by atoms with Crippen molar-refractivity contribution in [1.82, 2.24) is 10.2 Å². The van der Waals surface area contributed by atoms with E-state index < -0.39 is 34.1 Å². The van der Waals surface area contributed by atoms with Gasteiger partial charge in [-0.2, -0.15) is 0 Å². The molecule has 0 aliphatic rings. The quantitative estimate of drug-likeness (QED) is 0.191. The first-order valence-corrected chi connectivity index (χ1v) is 16.7. The lowest BCUT2D eigenvalue weighted by Gasteiger charge is -2.35. The van der Waals surface area contributed by atoms with Gasteiger partial charge in [0.2, 0.25) is 21.8 Å². The van der Waals surface area contributed by atoms with Crippen LogP contribution in [0.2, 0.25) is 5.02 Å². The molecule has 10 heteroatoms. The zero-order valence-electron chi connectivity index (χ0n) is 25.8. The first-order chi connectivity index (χ1) is 21.3.